The number of furan rings is 1. The van der Waals surface area contributed by atoms with Crippen LogP contribution in [0.2, 0.25) is 0 Å². The van der Waals surface area contributed by atoms with Gasteiger partial charge < -0.3 is 8.83 Å². The largest absolute Gasteiger partial charge is 0.451 e. The quantitative estimate of drug-likeness (QED) is 0.529. The number of hydrogen-bond donors (Lipinski definition) is 1. The number of carbonyl (C=O) groups is 1. The highest BCUT2D eigenvalue weighted by atomic mass is 32.2. The van der Waals surface area contributed by atoms with Crippen LogP contribution < -0.4 is 5.32 Å². The number of carbonyl (C=O) groups excluding carboxylic acids is 1. The summed E-state index contributed by atoms with van der Waals surface area (Å²) in [6, 6.07) is 15.0. The summed E-state index contributed by atoms with van der Waals surface area (Å²) in [5.41, 5.74) is 1.02. The van der Waals surface area contributed by atoms with E-state index in [1.165, 1.54) is 12.1 Å². The SMILES string of the molecule is CC(C)S(=O)(=O)c1cccc(-c2nnc(NC(=O)c3cc4ccccc4o3)o2)c1. The predicted molar refractivity (Wildman–Crippen MR) is 106 cm³/mol. The average Bonchev–Trinajstić information content (AvgIpc) is 3.35. The summed E-state index contributed by atoms with van der Waals surface area (Å²) in [5.74, 6) is -0.339. The Morgan fingerprint density at radius 2 is 1.79 bits per heavy atom. The van der Waals surface area contributed by atoms with Crippen LogP contribution >= 0.6 is 0 Å². The summed E-state index contributed by atoms with van der Waals surface area (Å²) in [5, 5.41) is 10.4. The molecule has 0 unspecified atom stereocenters. The molecule has 2 heterocycles. The third-order valence-corrected chi connectivity index (χ3v) is 6.48. The number of nitrogens with one attached hydrogen (secondary N) is 1. The maximum Gasteiger partial charge on any atom is 0.322 e. The molecular weight excluding hydrogens is 394 g/mol. The Bertz CT molecular complexity index is 1270. The first-order valence-electron chi connectivity index (χ1n) is 8.82. The Balaban J connectivity index is 1.56. The third-order valence-electron chi connectivity index (χ3n) is 4.32. The van der Waals surface area contributed by atoms with Crippen LogP contribution in [-0.2, 0) is 9.84 Å². The van der Waals surface area contributed by atoms with Gasteiger partial charge in [0.15, 0.2) is 15.6 Å². The van der Waals surface area contributed by atoms with Crippen molar-refractivity contribution in [2.75, 3.05) is 5.32 Å². The Morgan fingerprint density at radius 3 is 2.55 bits per heavy atom. The summed E-state index contributed by atoms with van der Waals surface area (Å²) < 4.78 is 35.7. The lowest BCUT2D eigenvalue weighted by Gasteiger charge is -2.08. The second-order valence-electron chi connectivity index (χ2n) is 6.64. The minimum Gasteiger partial charge on any atom is -0.451 e. The normalized spacial score (nSPS) is 11.8. The second kappa shape index (κ2) is 7.17. The number of aromatic nitrogens is 2. The Morgan fingerprint density at radius 1 is 1.00 bits per heavy atom. The lowest BCUT2D eigenvalue weighted by atomic mass is 10.2. The number of benzene rings is 2. The summed E-state index contributed by atoms with van der Waals surface area (Å²) in [7, 11) is -3.44. The Kier molecular flexibility index (Phi) is 4.67. The first-order chi connectivity index (χ1) is 13.8. The minimum absolute atomic E-state index is 0.0886. The highest BCUT2D eigenvalue weighted by Crippen LogP contribution is 2.25. The van der Waals surface area contributed by atoms with Crippen molar-refractivity contribution in [1.82, 2.24) is 10.2 Å². The summed E-state index contributed by atoms with van der Waals surface area (Å²) in [4.78, 5) is 12.5. The number of fused-ring (bicyclic) bond motifs is 1. The van der Waals surface area contributed by atoms with Crippen LogP contribution in [0.1, 0.15) is 24.4 Å². The molecule has 1 N–H and O–H groups in total. The van der Waals surface area contributed by atoms with Crippen molar-refractivity contribution in [3.63, 3.8) is 0 Å². The lowest BCUT2D eigenvalue weighted by molar-refractivity contribution is 0.0996. The molecule has 0 atom stereocenters. The van der Waals surface area contributed by atoms with E-state index in [1.54, 1.807) is 38.1 Å². The van der Waals surface area contributed by atoms with E-state index < -0.39 is 21.0 Å². The number of nitrogens with zero attached hydrogens (tertiary/aromatic N) is 2. The Labute approximate surface area is 166 Å². The van der Waals surface area contributed by atoms with Gasteiger partial charge in [0.25, 0.3) is 5.91 Å². The molecule has 2 aromatic heterocycles. The van der Waals surface area contributed by atoms with Gasteiger partial charge in [0, 0.05) is 10.9 Å². The zero-order valence-corrected chi connectivity index (χ0v) is 16.4. The van der Waals surface area contributed by atoms with Crippen molar-refractivity contribution in [3.05, 3.63) is 60.4 Å². The zero-order chi connectivity index (χ0) is 20.6. The molecule has 4 aromatic rings. The molecule has 29 heavy (non-hydrogen) atoms. The number of anilines is 1. The van der Waals surface area contributed by atoms with Crippen LogP contribution in [0.25, 0.3) is 22.4 Å². The molecule has 0 aliphatic rings. The van der Waals surface area contributed by atoms with Crippen molar-refractivity contribution in [1.29, 1.82) is 0 Å². The smallest absolute Gasteiger partial charge is 0.322 e. The molecule has 0 spiro atoms. The van der Waals surface area contributed by atoms with E-state index in [9.17, 15) is 13.2 Å². The number of rotatable bonds is 5. The van der Waals surface area contributed by atoms with Crippen LogP contribution in [-0.4, -0.2) is 29.8 Å². The summed E-state index contributed by atoms with van der Waals surface area (Å²) in [6.07, 6.45) is 0. The number of amides is 1. The van der Waals surface area contributed by atoms with Crippen molar-refractivity contribution < 1.29 is 22.0 Å². The van der Waals surface area contributed by atoms with E-state index in [1.807, 2.05) is 18.2 Å². The molecule has 0 bridgehead atoms. The van der Waals surface area contributed by atoms with Crippen LogP contribution in [0.15, 0.2) is 68.3 Å². The highest BCUT2D eigenvalue weighted by Gasteiger charge is 2.21. The van der Waals surface area contributed by atoms with Crippen molar-refractivity contribution >= 4 is 32.7 Å². The minimum atomic E-state index is -3.44. The van der Waals surface area contributed by atoms with E-state index in [0.29, 0.717) is 11.1 Å². The average molecular weight is 411 g/mol. The van der Waals surface area contributed by atoms with E-state index >= 15 is 0 Å². The van der Waals surface area contributed by atoms with Crippen molar-refractivity contribution in [2.45, 2.75) is 24.0 Å². The van der Waals surface area contributed by atoms with Crippen LogP contribution in [0.4, 0.5) is 6.01 Å². The van der Waals surface area contributed by atoms with Crippen LogP contribution in [0.3, 0.4) is 0 Å². The topological polar surface area (TPSA) is 115 Å². The van der Waals surface area contributed by atoms with Crippen molar-refractivity contribution in [3.8, 4) is 11.5 Å². The third kappa shape index (κ3) is 3.64. The molecule has 1 amide bonds. The van der Waals surface area contributed by atoms with Gasteiger partial charge in [0.05, 0.1) is 10.1 Å². The molecule has 9 heteroatoms. The van der Waals surface area contributed by atoms with E-state index in [4.69, 9.17) is 8.83 Å². The van der Waals surface area contributed by atoms with Gasteiger partial charge in [0.1, 0.15) is 5.58 Å². The highest BCUT2D eigenvalue weighted by molar-refractivity contribution is 7.92. The van der Waals surface area contributed by atoms with Crippen LogP contribution in [0.5, 0.6) is 0 Å². The summed E-state index contributed by atoms with van der Waals surface area (Å²) in [6.45, 7) is 3.22. The lowest BCUT2D eigenvalue weighted by Crippen LogP contribution is -2.13. The van der Waals surface area contributed by atoms with E-state index in [2.05, 4.69) is 15.5 Å². The molecule has 8 nitrogen and oxygen atoms in total. The number of sulfone groups is 1. The molecule has 0 aliphatic heterocycles. The molecule has 4 rings (SSSR count). The van der Waals surface area contributed by atoms with Gasteiger partial charge in [-0.3, -0.25) is 10.1 Å². The molecule has 0 aliphatic carbocycles. The molecular formula is C20H17N3O5S. The monoisotopic (exact) mass is 411 g/mol. The fourth-order valence-electron chi connectivity index (χ4n) is 2.72. The maximum absolute atomic E-state index is 12.4. The van der Waals surface area contributed by atoms with Gasteiger partial charge in [-0.25, -0.2) is 8.42 Å². The zero-order valence-electron chi connectivity index (χ0n) is 15.6. The predicted octanol–water partition coefficient (Wildman–Crippen LogP) is 3.92. The van der Waals surface area contributed by atoms with Gasteiger partial charge in [-0.05, 0) is 44.2 Å². The van der Waals surface area contributed by atoms with Gasteiger partial charge in [-0.2, -0.15) is 0 Å². The fourth-order valence-corrected chi connectivity index (χ4v) is 3.82. The fraction of sp³-hybridized carbons (Fsp3) is 0.150. The summed E-state index contributed by atoms with van der Waals surface area (Å²) >= 11 is 0. The Hall–Kier alpha value is -3.46. The van der Waals surface area contributed by atoms with E-state index in [0.717, 1.165) is 5.39 Å². The molecule has 148 valence electrons. The molecule has 0 saturated heterocycles. The molecule has 0 radical (unpaired) electrons. The first-order valence-corrected chi connectivity index (χ1v) is 10.4. The van der Waals surface area contributed by atoms with Crippen LogP contribution in [0, 0.1) is 0 Å². The van der Waals surface area contributed by atoms with Gasteiger partial charge >= 0.3 is 6.01 Å². The second-order valence-corrected chi connectivity index (χ2v) is 9.14. The molecule has 2 aromatic carbocycles. The standard InChI is InChI=1S/C20H17N3O5S/c1-12(2)29(25,26)15-8-5-7-14(10-15)19-22-23-20(28-19)21-18(24)17-11-13-6-3-4-9-16(13)27-17/h3-12H,1-2H3,(H,21,23,24). The molecule has 0 fully saturated rings. The number of para-hydroxylation sites is 1. The van der Waals surface area contributed by atoms with Gasteiger partial charge in [-0.1, -0.05) is 29.4 Å². The van der Waals surface area contributed by atoms with E-state index in [-0.39, 0.29) is 22.6 Å². The number of hydrogen-bond acceptors (Lipinski definition) is 7. The van der Waals surface area contributed by atoms with Gasteiger partial charge in [0.2, 0.25) is 5.89 Å². The molecule has 0 saturated carbocycles. The van der Waals surface area contributed by atoms with Crippen molar-refractivity contribution in [2.24, 2.45) is 0 Å². The first kappa shape index (κ1) is 18.9. The van der Waals surface area contributed by atoms with Gasteiger partial charge in [-0.15, -0.1) is 5.10 Å². The maximum atomic E-state index is 12.4.